The molecule has 0 fully saturated rings. The van der Waals surface area contributed by atoms with Gasteiger partial charge in [0.25, 0.3) is 5.91 Å². The summed E-state index contributed by atoms with van der Waals surface area (Å²) in [5.74, 6) is -2.14. The van der Waals surface area contributed by atoms with E-state index in [-0.39, 0.29) is 29.0 Å². The number of fused-ring (bicyclic) bond motifs is 2. The fourth-order valence-corrected chi connectivity index (χ4v) is 4.53. The van der Waals surface area contributed by atoms with Gasteiger partial charge in [0.2, 0.25) is 11.6 Å². The zero-order valence-corrected chi connectivity index (χ0v) is 23.2. The number of allylic oxidation sites excluding steroid dienone is 4. The van der Waals surface area contributed by atoms with Gasteiger partial charge in [0.1, 0.15) is 6.10 Å². The lowest BCUT2D eigenvalue weighted by Crippen LogP contribution is -2.36. The van der Waals surface area contributed by atoms with Crippen LogP contribution in [0.2, 0.25) is 0 Å². The fourth-order valence-electron chi connectivity index (χ4n) is 4.53. The number of primary amides is 1. The molecule has 2 amide bonds. The van der Waals surface area contributed by atoms with Gasteiger partial charge in [0.15, 0.2) is 11.9 Å². The van der Waals surface area contributed by atoms with Crippen LogP contribution in [0.5, 0.6) is 0 Å². The molecule has 0 aromatic heterocycles. The molecule has 2 rings (SSSR count). The zero-order chi connectivity index (χ0) is 29.3. The first-order valence-corrected chi connectivity index (χ1v) is 12.6. The lowest BCUT2D eigenvalue weighted by molar-refractivity contribution is -0.120. The summed E-state index contributed by atoms with van der Waals surface area (Å²) < 4.78 is 21.6. The summed E-state index contributed by atoms with van der Waals surface area (Å²) in [6.07, 6.45) is 4.06. The molecule has 2 aliphatic rings. The lowest BCUT2D eigenvalue weighted by Gasteiger charge is -2.28. The van der Waals surface area contributed by atoms with Crippen molar-refractivity contribution in [1.29, 1.82) is 0 Å². The molecule has 0 aromatic rings. The first-order chi connectivity index (χ1) is 18.4. The summed E-state index contributed by atoms with van der Waals surface area (Å²) in [5, 5.41) is 13.5. The van der Waals surface area contributed by atoms with Crippen LogP contribution in [-0.2, 0) is 33.3 Å². The van der Waals surface area contributed by atoms with E-state index < -0.39 is 53.9 Å². The second-order valence-corrected chi connectivity index (χ2v) is 9.44. The van der Waals surface area contributed by atoms with E-state index in [1.807, 2.05) is 0 Å². The van der Waals surface area contributed by atoms with Crippen molar-refractivity contribution >= 4 is 23.6 Å². The Morgan fingerprint density at radius 3 is 2.41 bits per heavy atom. The van der Waals surface area contributed by atoms with Crippen molar-refractivity contribution in [2.75, 3.05) is 21.3 Å². The highest BCUT2D eigenvalue weighted by Crippen LogP contribution is 2.26. The third kappa shape index (κ3) is 8.22. The Morgan fingerprint density at radius 1 is 1.13 bits per heavy atom. The minimum atomic E-state index is -1.00. The van der Waals surface area contributed by atoms with Gasteiger partial charge in [-0.1, -0.05) is 31.2 Å². The molecule has 0 radical (unpaired) electrons. The summed E-state index contributed by atoms with van der Waals surface area (Å²) >= 11 is 0. The second kappa shape index (κ2) is 14.6. The highest BCUT2D eigenvalue weighted by atomic mass is 16.6. The number of amides is 2. The number of ketones is 2. The molecule has 11 nitrogen and oxygen atoms in total. The summed E-state index contributed by atoms with van der Waals surface area (Å²) in [4.78, 5) is 50.3. The topological polar surface area (TPSA) is 163 Å². The van der Waals surface area contributed by atoms with Gasteiger partial charge in [-0.2, -0.15) is 0 Å². The van der Waals surface area contributed by atoms with Crippen molar-refractivity contribution in [2.24, 2.45) is 11.7 Å². The maximum absolute atomic E-state index is 13.2. The number of hydrogen-bond acceptors (Lipinski definition) is 9. The monoisotopic (exact) mass is 546 g/mol. The van der Waals surface area contributed by atoms with Gasteiger partial charge in [0, 0.05) is 37.4 Å². The quantitative estimate of drug-likeness (QED) is 0.354. The number of aliphatic hydroxyl groups is 1. The van der Waals surface area contributed by atoms with Crippen LogP contribution in [0.15, 0.2) is 58.6 Å². The van der Waals surface area contributed by atoms with Crippen molar-refractivity contribution in [3.05, 3.63) is 58.6 Å². The molecule has 1 aliphatic heterocycles. The summed E-state index contributed by atoms with van der Waals surface area (Å²) in [6.45, 7) is 5.05. The normalized spacial score (nSPS) is 31.3. The van der Waals surface area contributed by atoms with E-state index in [0.717, 1.165) is 6.08 Å². The van der Waals surface area contributed by atoms with Crippen molar-refractivity contribution in [2.45, 2.75) is 64.4 Å². The Kier molecular flexibility index (Phi) is 11.8. The molecule has 0 unspecified atom stereocenters. The standard InChI is InChI=1S/C28H38N2O9/c1-15-9-7-12-22(37-5)25(39-28(29)35)17(3)13-16(2)23(32)21(36-4)11-8-10-18-24(33)19(30-27(15)34)14-20(31)26(18)38-6/h7,9,12-14,16,21-23,25,32H,8,10-11H2,1-6H3,(H2,29,35)(H,30,34)/b12-7-,15-9+,17-13+/t16-,21-,22-,23+,25-/m0/s1. The number of hydrogen-bond donors (Lipinski definition) is 3. The van der Waals surface area contributed by atoms with Crippen molar-refractivity contribution in [1.82, 2.24) is 5.32 Å². The smallest absolute Gasteiger partial charge is 0.405 e. The molecule has 4 N–H and O–H groups in total. The minimum absolute atomic E-state index is 0.0772. The minimum Gasteiger partial charge on any atom is -0.492 e. The molecule has 0 saturated heterocycles. The predicted octanol–water partition coefficient (Wildman–Crippen LogP) is 2.16. The van der Waals surface area contributed by atoms with Gasteiger partial charge >= 0.3 is 6.09 Å². The maximum atomic E-state index is 13.2. The second-order valence-electron chi connectivity index (χ2n) is 9.44. The number of Topliss-reactive ketones (excluding diaryl/α,β-unsaturated/α-hetero) is 1. The molecule has 0 spiro atoms. The number of ether oxygens (including phenoxy) is 4. The molecule has 11 heteroatoms. The Morgan fingerprint density at radius 2 is 1.82 bits per heavy atom. The van der Waals surface area contributed by atoms with Crippen LogP contribution < -0.4 is 11.1 Å². The highest BCUT2D eigenvalue weighted by Gasteiger charge is 2.32. The fraction of sp³-hybridized carbons (Fsp3) is 0.500. The van der Waals surface area contributed by atoms with Crippen LogP contribution in [-0.4, -0.2) is 74.4 Å². The van der Waals surface area contributed by atoms with E-state index in [0.29, 0.717) is 18.4 Å². The molecular formula is C28H38N2O9. The van der Waals surface area contributed by atoms with Crippen molar-refractivity contribution < 1.29 is 43.2 Å². The van der Waals surface area contributed by atoms with Gasteiger partial charge < -0.3 is 35.1 Å². The Bertz CT molecular complexity index is 1120. The van der Waals surface area contributed by atoms with Gasteiger partial charge in [-0.05, 0) is 38.7 Å². The molecule has 0 aromatic carbocycles. The number of methoxy groups -OCH3 is 3. The third-order valence-electron chi connectivity index (χ3n) is 6.68. The van der Waals surface area contributed by atoms with Crippen LogP contribution in [0.3, 0.4) is 0 Å². The lowest BCUT2D eigenvalue weighted by atomic mass is 9.90. The van der Waals surface area contributed by atoms with E-state index >= 15 is 0 Å². The van der Waals surface area contributed by atoms with Gasteiger partial charge in [-0.25, -0.2) is 4.79 Å². The SMILES string of the molecule is COC1=C2CCC[C@H](OC)[C@H](O)[C@@H](C)/C=C(\C)[C@H](OC(N)=O)[C@@H](OC)/C=C\C=C(/C)C(=O)NC(=CC1=O)C2=O. The Hall–Kier alpha value is -3.54. The van der Waals surface area contributed by atoms with E-state index in [4.69, 9.17) is 24.7 Å². The molecular weight excluding hydrogens is 508 g/mol. The maximum Gasteiger partial charge on any atom is 0.405 e. The van der Waals surface area contributed by atoms with Crippen LogP contribution in [0, 0.1) is 5.92 Å². The van der Waals surface area contributed by atoms with E-state index in [2.05, 4.69) is 5.32 Å². The van der Waals surface area contributed by atoms with Gasteiger partial charge in [-0.15, -0.1) is 0 Å². The molecule has 5 atom stereocenters. The number of carbonyl (C=O) groups excluding carboxylic acids is 4. The first-order valence-electron chi connectivity index (χ1n) is 12.6. The molecule has 1 heterocycles. The molecule has 39 heavy (non-hydrogen) atoms. The molecule has 214 valence electrons. The Balaban J connectivity index is 2.55. The highest BCUT2D eigenvalue weighted by molar-refractivity contribution is 6.23. The molecule has 1 aliphatic carbocycles. The number of nitrogens with one attached hydrogen (secondary N) is 1. The summed E-state index contributed by atoms with van der Waals surface area (Å²) in [7, 11) is 4.20. The van der Waals surface area contributed by atoms with E-state index in [1.54, 1.807) is 26.0 Å². The molecule has 2 bridgehead atoms. The largest absolute Gasteiger partial charge is 0.492 e. The van der Waals surface area contributed by atoms with Crippen LogP contribution in [0.25, 0.3) is 0 Å². The van der Waals surface area contributed by atoms with E-state index in [9.17, 15) is 24.3 Å². The van der Waals surface area contributed by atoms with Gasteiger partial charge in [-0.3, -0.25) is 14.4 Å². The van der Waals surface area contributed by atoms with Gasteiger partial charge in [0.05, 0.1) is 25.0 Å². The average molecular weight is 547 g/mol. The number of carbonyl (C=O) groups is 4. The molecule has 0 saturated carbocycles. The Labute approximate surface area is 228 Å². The number of aliphatic hydroxyl groups excluding tert-OH is 1. The summed E-state index contributed by atoms with van der Waals surface area (Å²) in [5.41, 5.74) is 6.12. The van der Waals surface area contributed by atoms with E-state index in [1.165, 1.54) is 40.4 Å². The predicted molar refractivity (Wildman–Crippen MR) is 142 cm³/mol. The van der Waals surface area contributed by atoms with Crippen LogP contribution >= 0.6 is 0 Å². The van der Waals surface area contributed by atoms with Crippen LogP contribution in [0.1, 0.15) is 40.0 Å². The summed E-state index contributed by atoms with van der Waals surface area (Å²) in [6, 6.07) is 0. The zero-order valence-electron chi connectivity index (χ0n) is 23.2. The number of rotatable bonds is 4. The van der Waals surface area contributed by atoms with Crippen LogP contribution in [0.4, 0.5) is 4.79 Å². The third-order valence-corrected chi connectivity index (χ3v) is 6.68. The van der Waals surface area contributed by atoms with Crippen molar-refractivity contribution in [3.8, 4) is 0 Å². The first kappa shape index (κ1) is 31.7. The van der Waals surface area contributed by atoms with Crippen molar-refractivity contribution in [3.63, 3.8) is 0 Å². The number of nitrogens with two attached hydrogens (primary N) is 1. The average Bonchev–Trinajstić information content (AvgIpc) is 2.89.